The number of carbonyl (C=O) groups is 2. The van der Waals surface area contributed by atoms with E-state index in [-0.39, 0.29) is 18.3 Å². The van der Waals surface area contributed by atoms with Crippen LogP contribution >= 0.6 is 0 Å². The molecule has 2 fully saturated rings. The Morgan fingerprint density at radius 1 is 1.18 bits per heavy atom. The van der Waals surface area contributed by atoms with Gasteiger partial charge in [-0.05, 0) is 52.4 Å². The van der Waals surface area contributed by atoms with Crippen molar-refractivity contribution in [3.05, 3.63) is 0 Å². The number of nitrogens with zero attached hydrogens (tertiary/aromatic N) is 1. The third kappa shape index (κ3) is 5.03. The molecule has 0 spiro atoms. The number of carbonyl (C=O) groups excluding carboxylic acids is 2. The molecule has 0 bridgehead atoms. The van der Waals surface area contributed by atoms with E-state index in [4.69, 9.17) is 9.47 Å². The fourth-order valence-electron chi connectivity index (χ4n) is 2.72. The first-order valence-corrected chi connectivity index (χ1v) is 7.95. The third-order valence-electron chi connectivity index (χ3n) is 3.92. The van der Waals surface area contributed by atoms with Gasteiger partial charge in [0, 0.05) is 19.0 Å². The van der Waals surface area contributed by atoms with E-state index in [0.29, 0.717) is 25.3 Å². The van der Waals surface area contributed by atoms with Gasteiger partial charge in [-0.1, -0.05) is 5.92 Å². The molecule has 1 aliphatic carbocycles. The van der Waals surface area contributed by atoms with Crippen LogP contribution in [0.25, 0.3) is 0 Å². The maximum Gasteiger partial charge on any atom is 0.410 e. The van der Waals surface area contributed by atoms with Crippen LogP contribution < -0.4 is 0 Å². The lowest BCUT2D eigenvalue weighted by molar-refractivity contribution is -0.103. The van der Waals surface area contributed by atoms with Crippen molar-refractivity contribution in [1.29, 1.82) is 0 Å². The highest BCUT2D eigenvalue weighted by Crippen LogP contribution is 2.32. The van der Waals surface area contributed by atoms with E-state index in [1.54, 1.807) is 4.90 Å². The molecule has 2 rings (SSSR count). The second kappa shape index (κ2) is 7.15. The summed E-state index contributed by atoms with van der Waals surface area (Å²) in [6, 6.07) is 0. The van der Waals surface area contributed by atoms with Crippen molar-refractivity contribution in [2.75, 3.05) is 13.1 Å². The highest BCUT2D eigenvalue weighted by Gasteiger charge is 2.33. The Bertz CT molecular complexity index is 457. The number of piperidine rings is 1. The van der Waals surface area contributed by atoms with E-state index in [1.165, 1.54) is 0 Å². The van der Waals surface area contributed by atoms with Crippen molar-refractivity contribution in [2.45, 2.75) is 64.3 Å². The standard InChI is InChI=1S/C17H25NO4/c1-17(2,3)22-16(20)18-8-6-14(7-9-18)21-15-11-13(12-15)5-4-10-19/h10,13-15H,6-9,11-12H2,1-3H3. The van der Waals surface area contributed by atoms with E-state index in [0.717, 1.165) is 25.7 Å². The van der Waals surface area contributed by atoms with Crippen molar-refractivity contribution in [2.24, 2.45) is 5.92 Å². The summed E-state index contributed by atoms with van der Waals surface area (Å²) in [5.41, 5.74) is -0.450. The minimum absolute atomic E-state index is 0.212. The fourth-order valence-corrected chi connectivity index (χ4v) is 2.72. The molecule has 0 aromatic heterocycles. The maximum absolute atomic E-state index is 12.0. The van der Waals surface area contributed by atoms with Gasteiger partial charge >= 0.3 is 6.09 Å². The Morgan fingerprint density at radius 3 is 2.36 bits per heavy atom. The molecule has 0 unspecified atom stereocenters. The van der Waals surface area contributed by atoms with Gasteiger partial charge in [-0.2, -0.15) is 0 Å². The number of ether oxygens (including phenoxy) is 2. The van der Waals surface area contributed by atoms with Gasteiger partial charge in [0.1, 0.15) is 5.60 Å². The molecule has 5 heteroatoms. The predicted molar refractivity (Wildman–Crippen MR) is 82.3 cm³/mol. The van der Waals surface area contributed by atoms with E-state index < -0.39 is 5.60 Å². The van der Waals surface area contributed by atoms with Crippen LogP contribution in [0.3, 0.4) is 0 Å². The highest BCUT2D eigenvalue weighted by atomic mass is 16.6. The van der Waals surface area contributed by atoms with E-state index in [2.05, 4.69) is 11.8 Å². The van der Waals surface area contributed by atoms with Crippen LogP contribution in [-0.2, 0) is 14.3 Å². The number of likely N-dealkylation sites (tertiary alicyclic amines) is 1. The van der Waals surface area contributed by atoms with Crippen molar-refractivity contribution >= 4 is 12.4 Å². The van der Waals surface area contributed by atoms with Gasteiger partial charge in [0.15, 0.2) is 6.29 Å². The molecule has 0 aromatic rings. The zero-order valence-corrected chi connectivity index (χ0v) is 13.6. The molecule has 5 nitrogen and oxygen atoms in total. The van der Waals surface area contributed by atoms with Gasteiger partial charge in [-0.15, -0.1) is 0 Å². The van der Waals surface area contributed by atoms with Gasteiger partial charge in [0.2, 0.25) is 0 Å². The second-order valence-electron chi connectivity index (χ2n) is 7.00. The Morgan fingerprint density at radius 2 is 1.82 bits per heavy atom. The van der Waals surface area contributed by atoms with Crippen LogP contribution in [0.5, 0.6) is 0 Å². The van der Waals surface area contributed by atoms with Crippen LogP contribution in [0.1, 0.15) is 46.5 Å². The average molecular weight is 307 g/mol. The molecule has 0 atom stereocenters. The van der Waals surface area contributed by atoms with Crippen LogP contribution in [0, 0.1) is 17.8 Å². The van der Waals surface area contributed by atoms with Gasteiger partial charge in [-0.3, -0.25) is 4.79 Å². The van der Waals surface area contributed by atoms with E-state index in [9.17, 15) is 9.59 Å². The zero-order valence-electron chi connectivity index (χ0n) is 13.6. The van der Waals surface area contributed by atoms with Crippen molar-refractivity contribution in [1.82, 2.24) is 4.90 Å². The Kier molecular flexibility index (Phi) is 5.47. The molecule has 1 saturated carbocycles. The molecule has 2 aliphatic rings. The first-order chi connectivity index (χ1) is 10.4. The molecule has 1 amide bonds. The van der Waals surface area contributed by atoms with Crippen LogP contribution in [0.15, 0.2) is 0 Å². The first-order valence-electron chi connectivity index (χ1n) is 7.95. The van der Waals surface area contributed by atoms with Gasteiger partial charge in [-0.25, -0.2) is 4.79 Å². The number of aldehydes is 1. The second-order valence-corrected chi connectivity index (χ2v) is 7.00. The molecule has 0 radical (unpaired) electrons. The topological polar surface area (TPSA) is 55.8 Å². The zero-order chi connectivity index (χ0) is 16.2. The maximum atomic E-state index is 12.0. The van der Waals surface area contributed by atoms with Crippen LogP contribution in [0.4, 0.5) is 4.79 Å². The highest BCUT2D eigenvalue weighted by molar-refractivity contribution is 5.72. The fraction of sp³-hybridized carbons (Fsp3) is 0.765. The SMILES string of the molecule is CC(C)(C)OC(=O)N1CCC(OC2CC(C#CC=O)C2)CC1. The smallest absolute Gasteiger partial charge is 0.410 e. The normalized spacial score (nSPS) is 25.7. The minimum Gasteiger partial charge on any atom is -0.444 e. The molecular formula is C17H25NO4. The Balaban J connectivity index is 1.66. The largest absolute Gasteiger partial charge is 0.444 e. The van der Waals surface area contributed by atoms with E-state index in [1.807, 2.05) is 20.8 Å². The lowest BCUT2D eigenvalue weighted by Gasteiger charge is -2.38. The summed E-state index contributed by atoms with van der Waals surface area (Å²) < 4.78 is 11.4. The molecule has 1 saturated heterocycles. The molecule has 122 valence electrons. The van der Waals surface area contributed by atoms with Crippen molar-refractivity contribution < 1.29 is 19.1 Å². The minimum atomic E-state index is -0.450. The molecular weight excluding hydrogens is 282 g/mol. The first kappa shape index (κ1) is 16.8. The molecule has 1 aliphatic heterocycles. The average Bonchev–Trinajstić information content (AvgIpc) is 2.40. The third-order valence-corrected chi connectivity index (χ3v) is 3.92. The summed E-state index contributed by atoms with van der Waals surface area (Å²) in [6.45, 7) is 6.99. The molecule has 0 N–H and O–H groups in total. The monoisotopic (exact) mass is 307 g/mol. The lowest BCUT2D eigenvalue weighted by atomic mass is 9.82. The van der Waals surface area contributed by atoms with Gasteiger partial charge in [0.25, 0.3) is 0 Å². The number of amides is 1. The quantitative estimate of drug-likeness (QED) is 0.580. The number of hydrogen-bond acceptors (Lipinski definition) is 4. The predicted octanol–water partition coefficient (Wildman–Crippen LogP) is 2.38. The summed E-state index contributed by atoms with van der Waals surface area (Å²) in [5, 5.41) is 0. The Hall–Kier alpha value is -1.54. The van der Waals surface area contributed by atoms with Crippen molar-refractivity contribution in [3.8, 4) is 11.8 Å². The summed E-state index contributed by atoms with van der Waals surface area (Å²) in [7, 11) is 0. The summed E-state index contributed by atoms with van der Waals surface area (Å²) in [6.07, 6.45) is 4.38. The van der Waals surface area contributed by atoms with Gasteiger partial charge < -0.3 is 14.4 Å². The summed E-state index contributed by atoms with van der Waals surface area (Å²) >= 11 is 0. The van der Waals surface area contributed by atoms with Crippen LogP contribution in [-0.4, -0.2) is 48.2 Å². The number of rotatable bonds is 2. The Labute approximate surface area is 132 Å². The number of hydrogen-bond donors (Lipinski definition) is 0. The molecule has 1 heterocycles. The molecule has 22 heavy (non-hydrogen) atoms. The molecule has 0 aromatic carbocycles. The lowest BCUT2D eigenvalue weighted by Crippen LogP contribution is -2.45. The van der Waals surface area contributed by atoms with Gasteiger partial charge in [0.05, 0.1) is 12.2 Å². The van der Waals surface area contributed by atoms with Crippen LogP contribution in [0.2, 0.25) is 0 Å². The van der Waals surface area contributed by atoms with E-state index >= 15 is 0 Å². The summed E-state index contributed by atoms with van der Waals surface area (Å²) in [4.78, 5) is 23.9. The summed E-state index contributed by atoms with van der Waals surface area (Å²) in [5.74, 6) is 5.68. The van der Waals surface area contributed by atoms with Crippen molar-refractivity contribution in [3.63, 3.8) is 0 Å².